The normalized spacial score (nSPS) is 9.92. The Hall–Kier alpha value is -1.22. The fourth-order valence-corrected chi connectivity index (χ4v) is 1.49. The van der Waals surface area contributed by atoms with Crippen LogP contribution in [0.4, 0.5) is 5.82 Å². The molecule has 0 spiro atoms. The maximum atomic E-state index is 5.96. The van der Waals surface area contributed by atoms with Crippen LogP contribution < -0.4 is 0 Å². The monoisotopic (exact) mass is 209 g/mol. The van der Waals surface area contributed by atoms with Crippen LogP contribution in [0.3, 0.4) is 0 Å². The second kappa shape index (κ2) is 3.26. The van der Waals surface area contributed by atoms with Gasteiger partial charge in [-0.2, -0.15) is 10.1 Å². The van der Waals surface area contributed by atoms with Crippen LogP contribution >= 0.6 is 23.8 Å². The zero-order valence-electron chi connectivity index (χ0n) is 6.41. The summed E-state index contributed by atoms with van der Waals surface area (Å²) >= 11 is 10.5. The lowest BCUT2D eigenvalue weighted by Gasteiger charge is -1.91. The van der Waals surface area contributed by atoms with Crippen molar-refractivity contribution in [1.29, 1.82) is 0 Å². The number of aromatic nitrogens is 2. The van der Waals surface area contributed by atoms with Crippen LogP contribution in [0.25, 0.3) is 10.9 Å². The summed E-state index contributed by atoms with van der Waals surface area (Å²) in [5, 5.41) is 10.4. The standard InChI is InChI=1S/C8H4ClN3S/c9-5-2-1-3-6-7(5)8(10-4-13)12-11-6/h1-3H,(H,11,12). The molecule has 1 N–H and O–H groups in total. The molecule has 0 saturated heterocycles. The topological polar surface area (TPSA) is 41.0 Å². The molecular weight excluding hydrogens is 206 g/mol. The van der Waals surface area contributed by atoms with Crippen molar-refractivity contribution in [2.75, 3.05) is 0 Å². The van der Waals surface area contributed by atoms with Crippen molar-refractivity contribution in [2.45, 2.75) is 0 Å². The van der Waals surface area contributed by atoms with Crippen LogP contribution in [0.15, 0.2) is 23.2 Å². The van der Waals surface area contributed by atoms with Gasteiger partial charge in [0.1, 0.15) is 0 Å². The Morgan fingerprint density at radius 3 is 3.15 bits per heavy atom. The highest BCUT2D eigenvalue weighted by atomic mass is 35.5. The molecule has 2 rings (SSSR count). The van der Waals surface area contributed by atoms with Gasteiger partial charge in [0.2, 0.25) is 0 Å². The zero-order valence-corrected chi connectivity index (χ0v) is 7.99. The number of isothiocyanates is 1. The van der Waals surface area contributed by atoms with Crippen molar-refractivity contribution < 1.29 is 0 Å². The first-order valence-corrected chi connectivity index (χ1v) is 4.32. The minimum absolute atomic E-state index is 0.551. The largest absolute Gasteiger partial charge is 0.260 e. The van der Waals surface area contributed by atoms with E-state index in [0.717, 1.165) is 10.9 Å². The van der Waals surface area contributed by atoms with E-state index in [1.807, 2.05) is 12.1 Å². The van der Waals surface area contributed by atoms with E-state index >= 15 is 0 Å². The summed E-state index contributed by atoms with van der Waals surface area (Å²) in [7, 11) is 0. The first kappa shape index (κ1) is 8.38. The molecule has 0 aliphatic carbocycles. The number of hydrogen-bond acceptors (Lipinski definition) is 3. The van der Waals surface area contributed by atoms with Gasteiger partial charge in [-0.15, -0.1) is 0 Å². The molecule has 0 atom stereocenters. The molecule has 0 aliphatic rings. The lowest BCUT2D eigenvalue weighted by Crippen LogP contribution is -1.67. The number of benzene rings is 1. The Bertz CT molecular complexity index is 499. The minimum Gasteiger partial charge on any atom is -0.260 e. The summed E-state index contributed by atoms with van der Waals surface area (Å²) in [6.07, 6.45) is 0. The molecule has 0 bridgehead atoms. The maximum absolute atomic E-state index is 5.96. The maximum Gasteiger partial charge on any atom is 0.168 e. The molecule has 64 valence electrons. The lowest BCUT2D eigenvalue weighted by molar-refractivity contribution is 1.11. The van der Waals surface area contributed by atoms with Gasteiger partial charge >= 0.3 is 0 Å². The number of fused-ring (bicyclic) bond motifs is 1. The first-order valence-electron chi connectivity index (χ1n) is 3.53. The second-order valence-electron chi connectivity index (χ2n) is 2.41. The second-order valence-corrected chi connectivity index (χ2v) is 3.00. The Morgan fingerprint density at radius 2 is 2.38 bits per heavy atom. The highest BCUT2D eigenvalue weighted by Gasteiger charge is 2.06. The van der Waals surface area contributed by atoms with Crippen LogP contribution in [0.5, 0.6) is 0 Å². The molecule has 5 heteroatoms. The van der Waals surface area contributed by atoms with Crippen LogP contribution in [0, 0.1) is 0 Å². The van der Waals surface area contributed by atoms with Gasteiger partial charge in [-0.3, -0.25) is 5.10 Å². The zero-order chi connectivity index (χ0) is 9.26. The van der Waals surface area contributed by atoms with Gasteiger partial charge in [0, 0.05) is 0 Å². The fraction of sp³-hybridized carbons (Fsp3) is 0. The predicted molar refractivity (Wildman–Crippen MR) is 55.8 cm³/mol. The molecule has 13 heavy (non-hydrogen) atoms. The van der Waals surface area contributed by atoms with Crippen molar-refractivity contribution in [2.24, 2.45) is 4.99 Å². The molecule has 2 aromatic rings. The Morgan fingerprint density at radius 1 is 1.54 bits per heavy atom. The molecule has 0 radical (unpaired) electrons. The number of halogens is 1. The highest BCUT2D eigenvalue weighted by Crippen LogP contribution is 2.29. The number of rotatable bonds is 1. The van der Waals surface area contributed by atoms with E-state index in [9.17, 15) is 0 Å². The molecule has 0 unspecified atom stereocenters. The smallest absolute Gasteiger partial charge is 0.168 e. The number of nitrogens with one attached hydrogen (secondary N) is 1. The Balaban J connectivity index is 2.85. The summed E-state index contributed by atoms with van der Waals surface area (Å²) in [4.78, 5) is 3.82. The summed E-state index contributed by atoms with van der Waals surface area (Å²) in [6.45, 7) is 0. The van der Waals surface area contributed by atoms with Crippen molar-refractivity contribution >= 4 is 45.7 Å². The third kappa shape index (κ3) is 1.35. The van der Waals surface area contributed by atoms with Gasteiger partial charge in [-0.25, -0.2) is 0 Å². The third-order valence-electron chi connectivity index (χ3n) is 1.67. The lowest BCUT2D eigenvalue weighted by atomic mass is 10.2. The summed E-state index contributed by atoms with van der Waals surface area (Å²) < 4.78 is 0. The molecule has 1 aromatic carbocycles. The van der Waals surface area contributed by atoms with Crippen molar-refractivity contribution in [3.05, 3.63) is 23.2 Å². The van der Waals surface area contributed by atoms with Gasteiger partial charge in [-0.1, -0.05) is 17.7 Å². The predicted octanol–water partition coefficient (Wildman–Crippen LogP) is 2.95. The number of hydrogen-bond donors (Lipinski definition) is 1. The Labute approximate surface area is 84.4 Å². The quantitative estimate of drug-likeness (QED) is 0.580. The molecule has 1 heterocycles. The van der Waals surface area contributed by atoms with E-state index in [1.54, 1.807) is 6.07 Å². The summed E-state index contributed by atoms with van der Waals surface area (Å²) in [5.74, 6) is 0.551. The molecule has 0 fully saturated rings. The van der Waals surface area contributed by atoms with Gasteiger partial charge in [0.25, 0.3) is 0 Å². The summed E-state index contributed by atoms with van der Waals surface area (Å²) in [5.41, 5.74) is 0.775. The number of aromatic amines is 1. The average Bonchev–Trinajstić information content (AvgIpc) is 2.51. The van der Waals surface area contributed by atoms with Crippen molar-refractivity contribution in [1.82, 2.24) is 10.2 Å². The SMILES string of the molecule is S=C=Nc1[nH]nc2cccc(Cl)c12. The van der Waals surface area contributed by atoms with E-state index in [2.05, 4.69) is 32.6 Å². The minimum atomic E-state index is 0.551. The van der Waals surface area contributed by atoms with Crippen LogP contribution in [0.2, 0.25) is 5.02 Å². The van der Waals surface area contributed by atoms with Crippen LogP contribution in [0.1, 0.15) is 0 Å². The van der Waals surface area contributed by atoms with Gasteiger partial charge in [0.15, 0.2) is 5.82 Å². The number of H-pyrrole nitrogens is 1. The fourth-order valence-electron chi connectivity index (χ4n) is 1.14. The van der Waals surface area contributed by atoms with E-state index in [1.165, 1.54) is 0 Å². The average molecular weight is 210 g/mol. The molecule has 3 nitrogen and oxygen atoms in total. The summed E-state index contributed by atoms with van der Waals surface area (Å²) in [6, 6.07) is 5.46. The molecule has 1 aromatic heterocycles. The van der Waals surface area contributed by atoms with E-state index in [-0.39, 0.29) is 0 Å². The van der Waals surface area contributed by atoms with Crippen molar-refractivity contribution in [3.8, 4) is 0 Å². The highest BCUT2D eigenvalue weighted by molar-refractivity contribution is 7.78. The first-order chi connectivity index (χ1) is 6.33. The Kier molecular flexibility index (Phi) is 2.10. The van der Waals surface area contributed by atoms with Gasteiger partial charge in [-0.05, 0) is 24.4 Å². The molecule has 0 aliphatic heterocycles. The molecular formula is C8H4ClN3S. The van der Waals surface area contributed by atoms with Crippen LogP contribution in [-0.4, -0.2) is 15.4 Å². The number of aliphatic imine (C=N–C) groups is 1. The molecule has 0 saturated carbocycles. The van der Waals surface area contributed by atoms with Gasteiger partial charge in [0.05, 0.1) is 21.1 Å². The number of nitrogens with zero attached hydrogens (tertiary/aromatic N) is 2. The van der Waals surface area contributed by atoms with Crippen molar-refractivity contribution in [3.63, 3.8) is 0 Å². The van der Waals surface area contributed by atoms with E-state index in [4.69, 9.17) is 11.6 Å². The third-order valence-corrected chi connectivity index (χ3v) is 2.07. The molecule has 0 amide bonds. The van der Waals surface area contributed by atoms with E-state index in [0.29, 0.717) is 10.8 Å². The number of thiocarbonyl (C=S) groups is 1. The van der Waals surface area contributed by atoms with E-state index < -0.39 is 0 Å². The van der Waals surface area contributed by atoms with Crippen LogP contribution in [-0.2, 0) is 0 Å². The van der Waals surface area contributed by atoms with Gasteiger partial charge < -0.3 is 0 Å².